The Bertz CT molecular complexity index is 1040. The van der Waals surface area contributed by atoms with Crippen molar-refractivity contribution in [3.8, 4) is 11.3 Å². The number of carbonyl (C=O) groups is 1. The first-order valence-corrected chi connectivity index (χ1v) is 10.6. The van der Waals surface area contributed by atoms with Crippen LogP contribution in [0.15, 0.2) is 65.6 Å². The van der Waals surface area contributed by atoms with Gasteiger partial charge in [-0.05, 0) is 37.5 Å². The first kappa shape index (κ1) is 20.7. The van der Waals surface area contributed by atoms with Crippen molar-refractivity contribution in [3.63, 3.8) is 0 Å². The molecule has 1 N–H and O–H groups in total. The predicted molar refractivity (Wildman–Crippen MR) is 119 cm³/mol. The second-order valence-electron chi connectivity index (χ2n) is 7.63. The lowest BCUT2D eigenvalue weighted by Gasteiger charge is -2.31. The van der Waals surface area contributed by atoms with Crippen LogP contribution in [0.5, 0.6) is 0 Å². The van der Waals surface area contributed by atoms with Gasteiger partial charge in [0.2, 0.25) is 5.91 Å². The number of benzene rings is 1. The molecule has 1 fully saturated rings. The SMILES string of the molecule is O=C(NCCCn1ncccc1=O)C1CCN(c2ccc(-c3ccccc3)nn2)CC1. The van der Waals surface area contributed by atoms with Crippen molar-refractivity contribution in [1.29, 1.82) is 0 Å². The largest absolute Gasteiger partial charge is 0.356 e. The third-order valence-electron chi connectivity index (χ3n) is 5.54. The molecular formula is C23H26N6O2. The fraction of sp³-hybridized carbons (Fsp3) is 0.348. The highest BCUT2D eigenvalue weighted by molar-refractivity contribution is 5.78. The van der Waals surface area contributed by atoms with Crippen molar-refractivity contribution in [3.05, 3.63) is 71.1 Å². The molecule has 0 unspecified atom stereocenters. The summed E-state index contributed by atoms with van der Waals surface area (Å²) in [6.45, 7) is 2.59. The Hall–Kier alpha value is -3.55. The number of nitrogens with zero attached hydrogens (tertiary/aromatic N) is 5. The Morgan fingerprint density at radius 2 is 1.81 bits per heavy atom. The van der Waals surface area contributed by atoms with Crippen LogP contribution < -0.4 is 15.8 Å². The molecule has 3 heterocycles. The van der Waals surface area contributed by atoms with E-state index in [2.05, 4.69) is 25.5 Å². The highest BCUT2D eigenvalue weighted by Crippen LogP contribution is 2.23. The highest BCUT2D eigenvalue weighted by atomic mass is 16.2. The van der Waals surface area contributed by atoms with Crippen molar-refractivity contribution in [1.82, 2.24) is 25.3 Å². The molecule has 0 atom stereocenters. The summed E-state index contributed by atoms with van der Waals surface area (Å²) >= 11 is 0. The summed E-state index contributed by atoms with van der Waals surface area (Å²) in [5.41, 5.74) is 1.78. The number of aryl methyl sites for hydroxylation is 1. The van der Waals surface area contributed by atoms with E-state index in [1.807, 2.05) is 42.5 Å². The first-order valence-electron chi connectivity index (χ1n) is 10.6. The molecule has 4 rings (SSSR count). The molecule has 0 radical (unpaired) electrons. The number of anilines is 1. The molecule has 3 aromatic rings. The smallest absolute Gasteiger partial charge is 0.266 e. The monoisotopic (exact) mass is 418 g/mol. The van der Waals surface area contributed by atoms with Crippen molar-refractivity contribution in [2.24, 2.45) is 5.92 Å². The van der Waals surface area contributed by atoms with E-state index in [-0.39, 0.29) is 17.4 Å². The summed E-state index contributed by atoms with van der Waals surface area (Å²) in [6.07, 6.45) is 3.83. The van der Waals surface area contributed by atoms with Crippen LogP contribution in [0.2, 0.25) is 0 Å². The molecule has 1 aliphatic rings. The van der Waals surface area contributed by atoms with Crippen LogP contribution in [0.4, 0.5) is 5.82 Å². The van der Waals surface area contributed by atoms with E-state index in [4.69, 9.17) is 0 Å². The third-order valence-corrected chi connectivity index (χ3v) is 5.54. The van der Waals surface area contributed by atoms with Crippen LogP contribution in [0.3, 0.4) is 0 Å². The van der Waals surface area contributed by atoms with Gasteiger partial charge in [0, 0.05) is 49.9 Å². The molecule has 1 amide bonds. The molecular weight excluding hydrogens is 392 g/mol. The van der Waals surface area contributed by atoms with Gasteiger partial charge >= 0.3 is 0 Å². The van der Waals surface area contributed by atoms with Gasteiger partial charge in [0.1, 0.15) is 0 Å². The maximum atomic E-state index is 12.5. The molecule has 8 heteroatoms. The standard InChI is InChI=1S/C23H26N6O2/c30-22-8-4-14-25-29(22)15-5-13-24-23(31)19-11-16-28(17-12-19)21-10-9-20(26-27-21)18-6-2-1-3-7-18/h1-4,6-10,14,19H,5,11-13,15-17H2,(H,24,31). The molecule has 0 bridgehead atoms. The van der Waals surface area contributed by atoms with Gasteiger partial charge in [-0.15, -0.1) is 10.2 Å². The van der Waals surface area contributed by atoms with Crippen LogP contribution in [-0.4, -0.2) is 45.5 Å². The van der Waals surface area contributed by atoms with Crippen LogP contribution in [0.1, 0.15) is 19.3 Å². The molecule has 0 spiro atoms. The Kier molecular flexibility index (Phi) is 6.66. The number of aromatic nitrogens is 4. The van der Waals surface area contributed by atoms with E-state index in [1.165, 1.54) is 10.7 Å². The molecule has 1 aromatic carbocycles. The Balaban J connectivity index is 1.21. The zero-order valence-corrected chi connectivity index (χ0v) is 17.4. The van der Waals surface area contributed by atoms with E-state index in [1.54, 1.807) is 12.3 Å². The van der Waals surface area contributed by atoms with E-state index in [9.17, 15) is 9.59 Å². The number of piperidine rings is 1. The summed E-state index contributed by atoms with van der Waals surface area (Å²) in [5.74, 6) is 0.934. The van der Waals surface area contributed by atoms with Crippen molar-refractivity contribution < 1.29 is 4.79 Å². The second kappa shape index (κ2) is 9.97. The lowest BCUT2D eigenvalue weighted by Crippen LogP contribution is -2.41. The van der Waals surface area contributed by atoms with Crippen LogP contribution in [-0.2, 0) is 11.3 Å². The first-order chi connectivity index (χ1) is 15.2. The Labute approximate surface area is 180 Å². The summed E-state index contributed by atoms with van der Waals surface area (Å²) in [4.78, 5) is 26.3. The molecule has 0 aliphatic carbocycles. The predicted octanol–water partition coefficient (Wildman–Crippen LogP) is 2.12. The van der Waals surface area contributed by atoms with Gasteiger partial charge in [0.15, 0.2) is 5.82 Å². The van der Waals surface area contributed by atoms with E-state index < -0.39 is 0 Å². The number of nitrogens with one attached hydrogen (secondary N) is 1. The van der Waals surface area contributed by atoms with Crippen molar-refractivity contribution in [2.45, 2.75) is 25.8 Å². The fourth-order valence-electron chi connectivity index (χ4n) is 3.77. The van der Waals surface area contributed by atoms with Gasteiger partial charge < -0.3 is 10.2 Å². The van der Waals surface area contributed by atoms with E-state index >= 15 is 0 Å². The molecule has 2 aromatic heterocycles. The minimum Gasteiger partial charge on any atom is -0.356 e. The second-order valence-corrected chi connectivity index (χ2v) is 7.63. The zero-order chi connectivity index (χ0) is 21.5. The summed E-state index contributed by atoms with van der Waals surface area (Å²) in [5, 5.41) is 15.8. The minimum atomic E-state index is -0.124. The minimum absolute atomic E-state index is 0.00498. The van der Waals surface area contributed by atoms with Gasteiger partial charge in [-0.25, -0.2) is 4.68 Å². The number of hydrogen-bond donors (Lipinski definition) is 1. The number of carbonyl (C=O) groups excluding carboxylic acids is 1. The van der Waals surface area contributed by atoms with Gasteiger partial charge in [0.05, 0.1) is 5.69 Å². The maximum Gasteiger partial charge on any atom is 0.266 e. The number of hydrogen-bond acceptors (Lipinski definition) is 6. The number of rotatable bonds is 7. The van der Waals surface area contributed by atoms with E-state index in [0.29, 0.717) is 19.5 Å². The Morgan fingerprint density at radius 1 is 1.00 bits per heavy atom. The summed E-state index contributed by atoms with van der Waals surface area (Å²) < 4.78 is 1.41. The Morgan fingerprint density at radius 3 is 2.52 bits per heavy atom. The maximum absolute atomic E-state index is 12.5. The summed E-state index contributed by atoms with van der Waals surface area (Å²) in [6, 6.07) is 17.1. The summed E-state index contributed by atoms with van der Waals surface area (Å²) in [7, 11) is 0. The number of amides is 1. The average Bonchev–Trinajstić information content (AvgIpc) is 2.83. The third kappa shape index (κ3) is 5.33. The molecule has 160 valence electrons. The lowest BCUT2D eigenvalue weighted by atomic mass is 9.96. The zero-order valence-electron chi connectivity index (χ0n) is 17.4. The van der Waals surface area contributed by atoms with Gasteiger partial charge in [0.25, 0.3) is 5.56 Å². The molecule has 0 saturated carbocycles. The van der Waals surface area contributed by atoms with Crippen molar-refractivity contribution in [2.75, 3.05) is 24.5 Å². The highest BCUT2D eigenvalue weighted by Gasteiger charge is 2.25. The van der Waals surface area contributed by atoms with Gasteiger partial charge in [-0.2, -0.15) is 5.10 Å². The molecule has 8 nitrogen and oxygen atoms in total. The van der Waals surface area contributed by atoms with Crippen LogP contribution >= 0.6 is 0 Å². The van der Waals surface area contributed by atoms with E-state index in [0.717, 1.165) is 43.0 Å². The molecule has 1 saturated heterocycles. The van der Waals surface area contributed by atoms with Gasteiger partial charge in [-0.1, -0.05) is 30.3 Å². The van der Waals surface area contributed by atoms with Crippen LogP contribution in [0.25, 0.3) is 11.3 Å². The average molecular weight is 419 g/mol. The lowest BCUT2D eigenvalue weighted by molar-refractivity contribution is -0.125. The van der Waals surface area contributed by atoms with Crippen molar-refractivity contribution >= 4 is 11.7 Å². The molecule has 31 heavy (non-hydrogen) atoms. The fourth-order valence-corrected chi connectivity index (χ4v) is 3.77. The van der Waals surface area contributed by atoms with Crippen LogP contribution in [0, 0.1) is 5.92 Å². The quantitative estimate of drug-likeness (QED) is 0.591. The normalized spacial score (nSPS) is 14.4. The topological polar surface area (TPSA) is 93.0 Å². The molecule has 1 aliphatic heterocycles. The van der Waals surface area contributed by atoms with Gasteiger partial charge in [-0.3, -0.25) is 9.59 Å².